The lowest BCUT2D eigenvalue weighted by Crippen LogP contribution is -2.54. The van der Waals surface area contributed by atoms with Gasteiger partial charge in [-0.25, -0.2) is 9.78 Å². The minimum absolute atomic E-state index is 0.296. The third-order valence-corrected chi connectivity index (χ3v) is 4.60. The van der Waals surface area contributed by atoms with Crippen LogP contribution in [0.15, 0.2) is 5.38 Å². The van der Waals surface area contributed by atoms with E-state index in [2.05, 4.69) is 10.3 Å². The number of thiazole rings is 1. The van der Waals surface area contributed by atoms with Gasteiger partial charge in [-0.1, -0.05) is 0 Å². The van der Waals surface area contributed by atoms with Crippen LogP contribution < -0.4 is 5.32 Å². The molecule has 1 aliphatic heterocycles. The average Bonchev–Trinajstić information content (AvgIpc) is 2.87. The fourth-order valence-electron chi connectivity index (χ4n) is 1.63. The number of carbonyl (C=O) groups is 2. The smallest absolute Gasteiger partial charge is 0.330 e. The van der Waals surface area contributed by atoms with Gasteiger partial charge >= 0.3 is 5.97 Å². The second kappa shape index (κ2) is 4.66. The Kier molecular flexibility index (Phi) is 3.39. The zero-order chi connectivity index (χ0) is 12.5. The molecule has 2 rings (SSSR count). The molecule has 0 bridgehead atoms. The van der Waals surface area contributed by atoms with Crippen LogP contribution in [0, 0.1) is 6.92 Å². The van der Waals surface area contributed by atoms with Crippen molar-refractivity contribution in [2.75, 3.05) is 11.5 Å². The van der Waals surface area contributed by atoms with Gasteiger partial charge in [0, 0.05) is 11.1 Å². The number of hydrogen-bond donors (Lipinski definition) is 2. The Morgan fingerprint density at radius 3 is 2.82 bits per heavy atom. The summed E-state index contributed by atoms with van der Waals surface area (Å²) in [5, 5.41) is 14.3. The zero-order valence-electron chi connectivity index (χ0n) is 9.23. The van der Waals surface area contributed by atoms with E-state index in [0.29, 0.717) is 17.9 Å². The van der Waals surface area contributed by atoms with Crippen molar-refractivity contribution in [3.05, 3.63) is 16.1 Å². The largest absolute Gasteiger partial charge is 0.479 e. The lowest BCUT2D eigenvalue weighted by Gasteiger charge is -2.23. The molecule has 0 saturated carbocycles. The van der Waals surface area contributed by atoms with E-state index in [1.165, 1.54) is 23.1 Å². The third kappa shape index (κ3) is 2.44. The Hall–Kier alpha value is -1.08. The molecule has 17 heavy (non-hydrogen) atoms. The van der Waals surface area contributed by atoms with Crippen LogP contribution in [0.5, 0.6) is 0 Å². The summed E-state index contributed by atoms with van der Waals surface area (Å²) in [6.07, 6.45) is 0.460. The van der Waals surface area contributed by atoms with Gasteiger partial charge in [0.2, 0.25) is 0 Å². The van der Waals surface area contributed by atoms with E-state index in [0.717, 1.165) is 10.8 Å². The van der Waals surface area contributed by atoms with Gasteiger partial charge in [0.05, 0.1) is 5.01 Å². The maximum atomic E-state index is 11.9. The number of aryl methyl sites for hydroxylation is 1. The van der Waals surface area contributed by atoms with Crippen molar-refractivity contribution in [1.29, 1.82) is 0 Å². The fourth-order valence-corrected chi connectivity index (χ4v) is 3.55. The Labute approximate surface area is 107 Å². The first-order valence-corrected chi connectivity index (χ1v) is 7.13. The van der Waals surface area contributed by atoms with Gasteiger partial charge in [0.25, 0.3) is 5.91 Å². The summed E-state index contributed by atoms with van der Waals surface area (Å²) in [6.45, 7) is 1.81. The van der Waals surface area contributed by atoms with E-state index in [1.54, 1.807) is 12.3 Å². The number of aromatic nitrogens is 1. The van der Waals surface area contributed by atoms with Crippen LogP contribution in [-0.2, 0) is 4.79 Å². The van der Waals surface area contributed by atoms with Gasteiger partial charge in [-0.2, -0.15) is 11.8 Å². The summed E-state index contributed by atoms with van der Waals surface area (Å²) < 4.78 is 0. The number of amides is 1. The minimum Gasteiger partial charge on any atom is -0.479 e. The maximum absolute atomic E-state index is 11.9. The topological polar surface area (TPSA) is 79.3 Å². The van der Waals surface area contributed by atoms with Crippen molar-refractivity contribution in [3.8, 4) is 0 Å². The second-order valence-electron chi connectivity index (χ2n) is 3.90. The van der Waals surface area contributed by atoms with E-state index in [4.69, 9.17) is 0 Å². The number of nitrogens with zero attached hydrogens (tertiary/aromatic N) is 1. The minimum atomic E-state index is -1.13. The molecule has 1 saturated heterocycles. The molecule has 1 amide bonds. The van der Waals surface area contributed by atoms with Crippen molar-refractivity contribution in [1.82, 2.24) is 10.3 Å². The first-order valence-electron chi connectivity index (χ1n) is 5.09. The summed E-state index contributed by atoms with van der Waals surface area (Å²) >= 11 is 2.91. The standard InChI is InChI=1S/C10H12N2O3S2/c1-6-11-7(4-17-6)8(13)12-10(9(14)15)2-3-16-5-10/h4H,2-3,5H2,1H3,(H,12,13)(H,14,15)/t10-/m1/s1. The Bertz CT molecular complexity index is 452. The number of carbonyl (C=O) groups excluding carboxylic acids is 1. The Morgan fingerprint density at radius 1 is 1.59 bits per heavy atom. The first kappa shape index (κ1) is 12.4. The molecule has 1 fully saturated rings. The summed E-state index contributed by atoms with van der Waals surface area (Å²) in [4.78, 5) is 27.2. The predicted molar refractivity (Wildman–Crippen MR) is 66.6 cm³/mol. The number of aliphatic carboxylic acids is 1. The maximum Gasteiger partial charge on any atom is 0.330 e. The monoisotopic (exact) mass is 272 g/mol. The van der Waals surface area contributed by atoms with Crippen molar-refractivity contribution >= 4 is 35.0 Å². The summed E-state index contributed by atoms with van der Waals surface area (Å²) in [7, 11) is 0. The van der Waals surface area contributed by atoms with Gasteiger partial charge < -0.3 is 10.4 Å². The van der Waals surface area contributed by atoms with E-state index in [9.17, 15) is 14.7 Å². The van der Waals surface area contributed by atoms with Crippen LogP contribution in [0.2, 0.25) is 0 Å². The third-order valence-electron chi connectivity index (χ3n) is 2.64. The molecule has 0 unspecified atom stereocenters. The number of hydrogen-bond acceptors (Lipinski definition) is 5. The van der Waals surface area contributed by atoms with E-state index in [-0.39, 0.29) is 0 Å². The van der Waals surface area contributed by atoms with E-state index in [1.807, 2.05) is 0 Å². The highest BCUT2D eigenvalue weighted by Crippen LogP contribution is 2.28. The Morgan fingerprint density at radius 2 is 2.35 bits per heavy atom. The number of nitrogens with one attached hydrogen (secondary N) is 1. The summed E-state index contributed by atoms with van der Waals surface area (Å²) in [6, 6.07) is 0. The molecule has 0 aliphatic carbocycles. The van der Waals surface area contributed by atoms with Crippen molar-refractivity contribution < 1.29 is 14.7 Å². The van der Waals surface area contributed by atoms with Gasteiger partial charge in [-0.15, -0.1) is 11.3 Å². The lowest BCUT2D eigenvalue weighted by molar-refractivity contribution is -0.143. The molecule has 7 heteroatoms. The van der Waals surface area contributed by atoms with E-state index >= 15 is 0 Å². The van der Waals surface area contributed by atoms with Crippen molar-refractivity contribution in [2.45, 2.75) is 18.9 Å². The van der Waals surface area contributed by atoms with Crippen LogP contribution in [-0.4, -0.2) is 39.0 Å². The molecule has 1 aromatic rings. The first-order chi connectivity index (χ1) is 8.03. The molecule has 2 heterocycles. The highest BCUT2D eigenvalue weighted by molar-refractivity contribution is 7.99. The molecule has 2 N–H and O–H groups in total. The fraction of sp³-hybridized carbons (Fsp3) is 0.500. The highest BCUT2D eigenvalue weighted by atomic mass is 32.2. The summed E-state index contributed by atoms with van der Waals surface area (Å²) in [5.74, 6) is -0.207. The molecule has 0 aromatic carbocycles. The zero-order valence-corrected chi connectivity index (χ0v) is 10.9. The highest BCUT2D eigenvalue weighted by Gasteiger charge is 2.43. The van der Waals surface area contributed by atoms with Crippen LogP contribution in [0.25, 0.3) is 0 Å². The number of carboxylic acid groups (broad SMARTS) is 1. The van der Waals surface area contributed by atoms with Crippen LogP contribution >= 0.6 is 23.1 Å². The van der Waals surface area contributed by atoms with Gasteiger partial charge in [0.15, 0.2) is 0 Å². The van der Waals surface area contributed by atoms with Crippen molar-refractivity contribution in [2.24, 2.45) is 0 Å². The molecule has 1 aromatic heterocycles. The normalized spacial score (nSPS) is 23.6. The molecule has 92 valence electrons. The van der Waals surface area contributed by atoms with Crippen LogP contribution in [0.3, 0.4) is 0 Å². The lowest BCUT2D eigenvalue weighted by atomic mass is 9.99. The SMILES string of the molecule is Cc1nc(C(=O)N[C@]2(C(=O)O)CCSC2)cs1. The molecule has 0 spiro atoms. The molecule has 1 aliphatic rings. The number of carboxylic acids is 1. The number of thioether (sulfide) groups is 1. The Balaban J connectivity index is 2.14. The average molecular weight is 272 g/mol. The van der Waals surface area contributed by atoms with Crippen molar-refractivity contribution in [3.63, 3.8) is 0 Å². The van der Waals surface area contributed by atoms with E-state index < -0.39 is 17.4 Å². The van der Waals surface area contributed by atoms with Crippen LogP contribution in [0.4, 0.5) is 0 Å². The molecule has 0 radical (unpaired) electrons. The molecule has 5 nitrogen and oxygen atoms in total. The molecular weight excluding hydrogens is 260 g/mol. The second-order valence-corrected chi connectivity index (χ2v) is 6.06. The van der Waals surface area contributed by atoms with Crippen LogP contribution in [0.1, 0.15) is 21.9 Å². The molecular formula is C10H12N2O3S2. The summed E-state index contributed by atoms with van der Waals surface area (Å²) in [5.41, 5.74) is -0.829. The van der Waals surface area contributed by atoms with Gasteiger partial charge in [0.1, 0.15) is 11.2 Å². The predicted octanol–water partition coefficient (Wildman–Crippen LogP) is 1.14. The van der Waals surface area contributed by atoms with Gasteiger partial charge in [-0.05, 0) is 19.1 Å². The van der Waals surface area contributed by atoms with Gasteiger partial charge in [-0.3, -0.25) is 4.79 Å². The quantitative estimate of drug-likeness (QED) is 0.862. The number of rotatable bonds is 3. The molecule has 1 atom stereocenters.